The summed E-state index contributed by atoms with van der Waals surface area (Å²) >= 11 is 0. The van der Waals surface area contributed by atoms with E-state index in [1.807, 2.05) is 41.0 Å². The van der Waals surface area contributed by atoms with Gasteiger partial charge in [-0.1, -0.05) is 99.5 Å². The molecular weight excluding hydrogens is 1890 g/mol. The van der Waals surface area contributed by atoms with Gasteiger partial charge in [-0.25, -0.2) is 4.79 Å². The summed E-state index contributed by atoms with van der Waals surface area (Å²) in [5, 5.41) is 101. The van der Waals surface area contributed by atoms with Crippen LogP contribution in [0.5, 0.6) is 0 Å². The third-order valence-electron chi connectivity index (χ3n) is 27.4. The number of unbranched alkanes of at least 4 members (excludes halogenated alkanes) is 1. The monoisotopic (exact) mass is 2050 g/mol. The SMILES string of the molecule is CCC(CO)OC(CO)OC.CCC(CO)OC(COC(=O)CCC(=O)NCCCNC(=O)CCC(C)(C)SSC)OC.CCC(CO)OC(COC(=O)CCC(=O)O)OC.CCC(CO)OC(COC(=O)CCCC(=O)NC(C)C(=O)OCCCCC(=O)[C@]1(O)C2N(C)c3cc(C)c([C@@]4(C)C[C@@H]5CN(CCc6c4[nH]c4ccccc64)CC(O)(CC)C5)cc3[C@@]23CCN2CC=C[C@](CC)(C23)[C@H]1O)OC.O=C=O. The van der Waals surface area contributed by atoms with Gasteiger partial charge in [-0.15, -0.1) is 0 Å². The molecule has 2 bridgehead atoms. The van der Waals surface area contributed by atoms with Crippen LogP contribution >= 0.6 is 21.6 Å². The first-order chi connectivity index (χ1) is 67.6. The molecule has 5 aliphatic heterocycles. The Morgan fingerprint density at radius 3 is 1.68 bits per heavy atom. The summed E-state index contributed by atoms with van der Waals surface area (Å²) in [5.41, 5.74) is 2.93. The molecule has 142 heavy (non-hydrogen) atoms. The quantitative estimate of drug-likeness (QED) is 0.00662. The number of aliphatic hydroxyl groups excluding tert-OH is 6. The molecule has 6 heterocycles. The Balaban J connectivity index is 0.000000451. The summed E-state index contributed by atoms with van der Waals surface area (Å²) in [6.07, 6.45) is 9.42. The van der Waals surface area contributed by atoms with Gasteiger partial charge in [-0.3, -0.25) is 48.2 Å². The smallest absolute Gasteiger partial charge is 0.373 e. The Hall–Kier alpha value is -7.69. The number of amides is 3. The number of esters is 4. The number of para-hydroxylation sites is 1. The largest absolute Gasteiger partial charge is 0.481 e. The number of carbonyl (C=O) groups is 9. The van der Waals surface area contributed by atoms with Crippen molar-refractivity contribution >= 4 is 97.7 Å². The van der Waals surface area contributed by atoms with Gasteiger partial charge in [0, 0.05) is 156 Å². The highest BCUT2D eigenvalue weighted by Gasteiger charge is 2.78. The van der Waals surface area contributed by atoms with Gasteiger partial charge in [0.25, 0.3) is 0 Å². The fourth-order valence-electron chi connectivity index (χ4n) is 19.9. The summed E-state index contributed by atoms with van der Waals surface area (Å²) < 4.78 is 62.1. The molecule has 13 N–H and O–H groups in total. The molecule has 39 nitrogen and oxygen atoms in total. The molecule has 19 atom stereocenters. The van der Waals surface area contributed by atoms with Crippen LogP contribution in [-0.2, 0) is 127 Å². The van der Waals surface area contributed by atoms with E-state index in [4.69, 9.17) is 92.0 Å². The van der Waals surface area contributed by atoms with E-state index in [2.05, 4.69) is 126 Å². The summed E-state index contributed by atoms with van der Waals surface area (Å²) in [7, 11) is 11.1. The number of piperidine rings is 1. The number of aliphatic carboxylic acids is 1. The molecule has 6 aliphatic rings. The number of fused-ring (bicyclic) bond motifs is 6. The number of aromatic nitrogens is 1. The number of aromatic amines is 1. The Labute approximate surface area is 843 Å². The van der Waals surface area contributed by atoms with Gasteiger partial charge in [0.2, 0.25) is 17.7 Å². The third-order valence-corrected chi connectivity index (χ3v) is 30.1. The van der Waals surface area contributed by atoms with Crippen molar-refractivity contribution in [2.24, 2.45) is 11.3 Å². The molecule has 3 fully saturated rings. The number of carboxylic acid groups (broad SMARTS) is 1. The number of nitrogens with one attached hydrogen (secondary N) is 4. The van der Waals surface area contributed by atoms with Crippen LogP contribution in [0, 0.1) is 18.3 Å². The number of carbonyl (C=O) groups excluding carboxylic acids is 10. The molecule has 1 saturated carbocycles. The number of ketones is 1. The van der Waals surface area contributed by atoms with E-state index in [-0.39, 0.29) is 170 Å². The van der Waals surface area contributed by atoms with Crippen molar-refractivity contribution in [1.82, 2.24) is 30.7 Å². The molecule has 13 unspecified atom stereocenters. The van der Waals surface area contributed by atoms with Gasteiger partial charge in [0.05, 0.1) is 95.0 Å². The van der Waals surface area contributed by atoms with Crippen LogP contribution in [0.15, 0.2) is 48.6 Å². The molecule has 0 radical (unpaired) electrons. The van der Waals surface area contributed by atoms with Crippen molar-refractivity contribution in [3.05, 3.63) is 76.5 Å². The van der Waals surface area contributed by atoms with Gasteiger partial charge in [-0.2, -0.15) is 9.59 Å². The van der Waals surface area contributed by atoms with Crippen LogP contribution in [0.3, 0.4) is 0 Å². The van der Waals surface area contributed by atoms with Crippen LogP contribution in [-0.4, -0.2) is 357 Å². The summed E-state index contributed by atoms with van der Waals surface area (Å²) in [6, 6.07) is 11.4. The first-order valence-corrected chi connectivity index (χ1v) is 52.2. The molecule has 806 valence electrons. The van der Waals surface area contributed by atoms with E-state index in [0.717, 1.165) is 67.6 Å². The van der Waals surface area contributed by atoms with E-state index in [1.165, 1.54) is 57.6 Å². The minimum Gasteiger partial charge on any atom is -0.481 e. The summed E-state index contributed by atoms with van der Waals surface area (Å²) in [5.74, 6) is -4.29. The predicted octanol–water partition coefficient (Wildman–Crippen LogP) is 7.23. The number of likely N-dealkylation sites (N-methyl/N-ethyl adjacent to an activating group) is 1. The molecule has 41 heteroatoms. The number of ether oxygens (including phenoxy) is 12. The van der Waals surface area contributed by atoms with Crippen molar-refractivity contribution in [2.45, 2.75) is 324 Å². The lowest BCUT2D eigenvalue weighted by Gasteiger charge is -2.63. The fourth-order valence-corrected chi connectivity index (χ4v) is 22.1. The first kappa shape index (κ1) is 125. The fraction of sp³-hybridized carbons (Fsp3) is 0.743. The molecule has 1 aromatic heterocycles. The average Bonchev–Trinajstić information content (AvgIpc) is 1.47. The normalized spacial score (nSPS) is 23.8. The van der Waals surface area contributed by atoms with Crippen LogP contribution < -0.4 is 20.9 Å². The maximum absolute atomic E-state index is 15.2. The number of carboxylic acids is 1. The molecule has 1 spiro atoms. The lowest BCUT2D eigenvalue weighted by molar-refractivity contribution is -0.202. The molecular formula is C101H163N7O32S2. The summed E-state index contributed by atoms with van der Waals surface area (Å²) in [4.78, 5) is 137. The molecule has 9 rings (SSSR count). The van der Waals surface area contributed by atoms with Crippen molar-refractivity contribution in [3.8, 4) is 0 Å². The number of benzene rings is 2. The second-order valence-corrected chi connectivity index (χ2v) is 40.8. The number of H-pyrrole nitrogens is 1. The van der Waals surface area contributed by atoms with E-state index in [0.29, 0.717) is 90.4 Å². The minimum absolute atomic E-state index is 0.0106. The summed E-state index contributed by atoms with van der Waals surface area (Å²) in [6.45, 7) is 25.6. The van der Waals surface area contributed by atoms with E-state index in [9.17, 15) is 58.8 Å². The highest BCUT2D eigenvalue weighted by molar-refractivity contribution is 8.76. The average molecular weight is 2050 g/mol. The maximum Gasteiger partial charge on any atom is 0.373 e. The Morgan fingerprint density at radius 1 is 0.627 bits per heavy atom. The second-order valence-electron chi connectivity index (χ2n) is 37.7. The van der Waals surface area contributed by atoms with Gasteiger partial charge in [-0.05, 0) is 184 Å². The molecule has 2 saturated heterocycles. The van der Waals surface area contributed by atoms with Gasteiger partial charge < -0.3 is 129 Å². The number of nitrogens with zero attached hydrogens (tertiary/aromatic N) is 3. The number of anilines is 1. The van der Waals surface area contributed by atoms with Crippen molar-refractivity contribution in [3.63, 3.8) is 0 Å². The predicted molar refractivity (Wildman–Crippen MR) is 530 cm³/mol. The van der Waals surface area contributed by atoms with E-state index in [1.54, 1.807) is 21.6 Å². The number of hydrogen-bond donors (Lipinski definition) is 13. The highest BCUT2D eigenvalue weighted by atomic mass is 33.1. The van der Waals surface area contributed by atoms with Crippen molar-refractivity contribution < 1.29 is 156 Å². The zero-order valence-corrected chi connectivity index (χ0v) is 87.9. The number of rotatable bonds is 57. The number of aryl methyl sites for hydroxylation is 1. The van der Waals surface area contributed by atoms with Crippen LogP contribution in [0.2, 0.25) is 0 Å². The lowest BCUT2D eigenvalue weighted by Crippen LogP contribution is -2.80. The molecule has 2 aromatic carbocycles. The zero-order chi connectivity index (χ0) is 106. The molecule has 3 amide bonds. The van der Waals surface area contributed by atoms with Crippen LogP contribution in [0.25, 0.3) is 10.9 Å². The number of methoxy groups -OCH3 is 4. The number of Topliss-reactive ketones (excluding diaryl/α,β-unsaturated/α-hetero) is 1. The lowest BCUT2D eigenvalue weighted by atomic mass is 9.47. The Morgan fingerprint density at radius 2 is 1.16 bits per heavy atom. The number of aliphatic hydroxyl groups is 8. The van der Waals surface area contributed by atoms with Crippen molar-refractivity contribution in [2.75, 3.05) is 152 Å². The van der Waals surface area contributed by atoms with E-state index < -0.39 is 118 Å². The molecule has 3 aromatic rings. The van der Waals surface area contributed by atoms with E-state index >= 15 is 4.79 Å². The standard InChI is InChI=1S/C61H87N5O12.C21H40N2O7S2.C11H20O7.C7H16O4.CO2/c1-9-41(35-67)78-51(75-8)36-77-50(70)22-16-21-49(69)62-39(5)53(71)76-29-15-14-20-48(68)61(74)55-60(25-28-66-26-17-24-59(11-3,54(60)66)56(61)72)45-31-44(38(4)30-47(45)64(55)7)57(6)32-40-33-58(73,10-2)37-65(34-40)27-23-43-42-18-12-13-19-46(42)63-52(43)57;1-6-16(14-24)30-20(28-4)15-29-19(27)9-8-17(25)22-12-7-13-23-18(26)10-11-21(2,3)32-31-5;1-3-8(6-12)18-11(16-2)7-17-10(15)5-4-9(13)14;1-3-6(4-8)11-7(5-9)10-2;2-1-3/h12-13,17-19,24,30-31,39-41,51,54-56,63,67,72-74H,9-11,14-16,20-23,25-29,32-37H2,1-8H3,(H,62,69);16,20,24H,6-15H2,1-5H3,(H,22,25)(H,23,26);8,11-12H,3-7H2,1-2H3,(H,13,14);6-9H,3-5H2,1-2H3;/t39?,40-,41?,51?,54?,55?,56+,57+,58?,59+,60+,61-;;;;/m0..../s1. The van der Waals surface area contributed by atoms with Gasteiger partial charge in [0.15, 0.2) is 36.5 Å². The molecule has 1 aliphatic carbocycles. The van der Waals surface area contributed by atoms with Crippen LogP contribution in [0.1, 0.15) is 238 Å². The minimum atomic E-state index is -2.17. The maximum atomic E-state index is 15.2. The van der Waals surface area contributed by atoms with Gasteiger partial charge >= 0.3 is 36.0 Å². The zero-order valence-electron chi connectivity index (χ0n) is 86.3. The number of hydrogen-bond acceptors (Lipinski definition) is 36. The topological polar surface area (TPSA) is 542 Å². The Bertz CT molecular complexity index is 4420. The van der Waals surface area contributed by atoms with Gasteiger partial charge in [0.1, 0.15) is 32.0 Å². The Kier molecular flexibility index (Phi) is 54.9. The van der Waals surface area contributed by atoms with Crippen LogP contribution in [0.4, 0.5) is 5.69 Å². The first-order valence-electron chi connectivity index (χ1n) is 49.6. The highest BCUT2D eigenvalue weighted by Crippen LogP contribution is 2.67. The second kappa shape index (κ2) is 62.5. The third kappa shape index (κ3) is 35.6. The van der Waals surface area contributed by atoms with Crippen molar-refractivity contribution in [1.29, 1.82) is 0 Å².